The van der Waals surface area contributed by atoms with Crippen molar-refractivity contribution in [2.24, 2.45) is 0 Å². The molecule has 0 saturated carbocycles. The molecule has 0 bridgehead atoms. The maximum atomic E-state index is 12.9. The van der Waals surface area contributed by atoms with E-state index in [1.54, 1.807) is 30.3 Å². The van der Waals surface area contributed by atoms with Gasteiger partial charge in [0.05, 0.1) is 25.7 Å². The van der Waals surface area contributed by atoms with Crippen LogP contribution in [0, 0.1) is 0 Å². The third-order valence-electron chi connectivity index (χ3n) is 4.89. The summed E-state index contributed by atoms with van der Waals surface area (Å²) in [5.41, 5.74) is 0.841. The van der Waals surface area contributed by atoms with Crippen LogP contribution in [0.4, 0.5) is 0 Å². The average molecular weight is 479 g/mol. The van der Waals surface area contributed by atoms with Crippen LogP contribution in [0.5, 0.6) is 11.5 Å². The molecule has 1 aliphatic rings. The van der Waals surface area contributed by atoms with Crippen LogP contribution in [-0.4, -0.2) is 52.0 Å². The van der Waals surface area contributed by atoms with Gasteiger partial charge in [-0.15, -0.1) is 0 Å². The first-order valence-electron chi connectivity index (χ1n) is 9.72. The minimum absolute atomic E-state index is 0.0177. The van der Waals surface area contributed by atoms with Crippen molar-refractivity contribution < 1.29 is 27.5 Å². The molecule has 1 atom stereocenters. The van der Waals surface area contributed by atoms with Crippen molar-refractivity contribution in [2.75, 3.05) is 25.7 Å². The fourth-order valence-electron chi connectivity index (χ4n) is 3.24. The maximum absolute atomic E-state index is 12.9. The van der Waals surface area contributed by atoms with E-state index in [4.69, 9.17) is 21.1 Å². The van der Waals surface area contributed by atoms with Crippen LogP contribution >= 0.6 is 11.6 Å². The van der Waals surface area contributed by atoms with Gasteiger partial charge >= 0.3 is 0 Å². The first-order chi connectivity index (χ1) is 15.2. The second-order valence-corrected chi connectivity index (χ2v) is 9.87. The summed E-state index contributed by atoms with van der Waals surface area (Å²) in [6, 6.07) is 10.7. The summed E-state index contributed by atoms with van der Waals surface area (Å²) in [4.78, 5) is 25.7. The summed E-state index contributed by atoms with van der Waals surface area (Å²) in [6.07, 6.45) is 1.80. The molecule has 0 aliphatic carbocycles. The monoisotopic (exact) mass is 478 g/mol. The second kappa shape index (κ2) is 10.1. The van der Waals surface area contributed by atoms with Gasteiger partial charge in [-0.25, -0.2) is 8.42 Å². The number of methoxy groups -OCH3 is 2. The van der Waals surface area contributed by atoms with E-state index in [0.29, 0.717) is 34.1 Å². The van der Waals surface area contributed by atoms with Gasteiger partial charge in [0, 0.05) is 16.6 Å². The lowest BCUT2D eigenvalue weighted by Gasteiger charge is -2.15. The summed E-state index contributed by atoms with van der Waals surface area (Å²) < 4.78 is 34.0. The van der Waals surface area contributed by atoms with Crippen molar-refractivity contribution in [1.82, 2.24) is 10.6 Å². The molecule has 0 aromatic heterocycles. The molecular formula is C22H23ClN2O6S. The molecule has 1 aliphatic heterocycles. The molecule has 2 aromatic carbocycles. The van der Waals surface area contributed by atoms with E-state index in [0.717, 1.165) is 0 Å². The number of hydrogen-bond donors (Lipinski definition) is 2. The Kier molecular flexibility index (Phi) is 7.42. The number of halogens is 1. The second-order valence-electron chi connectivity index (χ2n) is 7.21. The Hall–Kier alpha value is -3.04. The largest absolute Gasteiger partial charge is 0.493 e. The number of carbonyl (C=O) groups excluding carboxylic acids is 2. The summed E-state index contributed by atoms with van der Waals surface area (Å²) in [5, 5.41) is 5.78. The van der Waals surface area contributed by atoms with E-state index in [2.05, 4.69) is 10.6 Å². The molecule has 8 nitrogen and oxygen atoms in total. The molecule has 170 valence electrons. The van der Waals surface area contributed by atoms with Gasteiger partial charge < -0.3 is 20.1 Å². The van der Waals surface area contributed by atoms with Crippen LogP contribution in [0.3, 0.4) is 0 Å². The molecule has 0 radical (unpaired) electrons. The zero-order chi connectivity index (χ0) is 23.3. The van der Waals surface area contributed by atoms with Crippen LogP contribution in [0.15, 0.2) is 48.2 Å². The van der Waals surface area contributed by atoms with Gasteiger partial charge in [-0.05, 0) is 54.5 Å². The fourth-order valence-corrected chi connectivity index (χ4v) is 5.03. The average Bonchev–Trinajstić information content (AvgIpc) is 3.11. The third kappa shape index (κ3) is 6.02. The lowest BCUT2D eigenvalue weighted by molar-refractivity contribution is -0.118. The Morgan fingerprint density at radius 2 is 1.75 bits per heavy atom. The molecular weight excluding hydrogens is 456 g/mol. The Morgan fingerprint density at radius 3 is 2.34 bits per heavy atom. The van der Waals surface area contributed by atoms with Crippen LogP contribution in [-0.2, 0) is 14.6 Å². The number of amides is 2. The van der Waals surface area contributed by atoms with Crippen molar-refractivity contribution in [3.8, 4) is 11.5 Å². The minimum Gasteiger partial charge on any atom is -0.493 e. The molecule has 3 rings (SSSR count). The zero-order valence-electron chi connectivity index (χ0n) is 17.6. The third-order valence-corrected chi connectivity index (χ3v) is 6.91. The Bertz CT molecular complexity index is 1150. The van der Waals surface area contributed by atoms with Gasteiger partial charge in [0.1, 0.15) is 5.70 Å². The van der Waals surface area contributed by atoms with Crippen molar-refractivity contribution in [3.63, 3.8) is 0 Å². The molecule has 2 N–H and O–H groups in total. The van der Waals surface area contributed by atoms with Gasteiger partial charge in [0.2, 0.25) is 0 Å². The van der Waals surface area contributed by atoms with E-state index in [-0.39, 0.29) is 17.2 Å². The Labute approximate surface area is 191 Å². The van der Waals surface area contributed by atoms with Crippen LogP contribution in [0.1, 0.15) is 22.3 Å². The van der Waals surface area contributed by atoms with Crippen molar-refractivity contribution in [2.45, 2.75) is 12.5 Å². The van der Waals surface area contributed by atoms with E-state index in [1.807, 2.05) is 0 Å². The lowest BCUT2D eigenvalue weighted by atomic mass is 10.1. The highest BCUT2D eigenvalue weighted by molar-refractivity contribution is 7.91. The van der Waals surface area contributed by atoms with Gasteiger partial charge in [0.15, 0.2) is 21.3 Å². The van der Waals surface area contributed by atoms with E-state index in [1.165, 1.54) is 32.4 Å². The van der Waals surface area contributed by atoms with Gasteiger partial charge in [0.25, 0.3) is 11.8 Å². The number of ether oxygens (including phenoxy) is 2. The van der Waals surface area contributed by atoms with E-state index >= 15 is 0 Å². The molecule has 2 aromatic rings. The quantitative estimate of drug-likeness (QED) is 0.591. The first-order valence-corrected chi connectivity index (χ1v) is 11.9. The summed E-state index contributed by atoms with van der Waals surface area (Å²) in [6.45, 7) is 0. The zero-order valence-corrected chi connectivity index (χ0v) is 19.1. The van der Waals surface area contributed by atoms with Crippen molar-refractivity contribution in [1.29, 1.82) is 0 Å². The van der Waals surface area contributed by atoms with Gasteiger partial charge in [-0.1, -0.05) is 17.7 Å². The Balaban J connectivity index is 1.89. The predicted octanol–water partition coefficient (Wildman–Crippen LogP) is 2.43. The Morgan fingerprint density at radius 1 is 1.06 bits per heavy atom. The van der Waals surface area contributed by atoms with Gasteiger partial charge in [-0.3, -0.25) is 9.59 Å². The first kappa shape index (κ1) is 23.6. The number of nitrogens with one attached hydrogen (secondary N) is 2. The normalized spacial score (nSPS) is 17.5. The molecule has 0 spiro atoms. The minimum atomic E-state index is -3.18. The number of rotatable bonds is 7. The number of sulfone groups is 1. The van der Waals surface area contributed by atoms with E-state index < -0.39 is 27.7 Å². The van der Waals surface area contributed by atoms with Crippen molar-refractivity contribution in [3.05, 3.63) is 64.3 Å². The highest BCUT2D eigenvalue weighted by Gasteiger charge is 2.30. The van der Waals surface area contributed by atoms with Crippen LogP contribution in [0.2, 0.25) is 5.02 Å². The maximum Gasteiger partial charge on any atom is 0.268 e. The molecule has 1 saturated heterocycles. The summed E-state index contributed by atoms with van der Waals surface area (Å²) in [7, 11) is -0.181. The molecule has 10 heteroatoms. The summed E-state index contributed by atoms with van der Waals surface area (Å²) >= 11 is 5.87. The molecule has 1 fully saturated rings. The van der Waals surface area contributed by atoms with Crippen molar-refractivity contribution >= 4 is 39.3 Å². The van der Waals surface area contributed by atoms with E-state index in [9.17, 15) is 18.0 Å². The molecule has 2 amide bonds. The smallest absolute Gasteiger partial charge is 0.268 e. The molecule has 0 unspecified atom stereocenters. The highest BCUT2D eigenvalue weighted by atomic mass is 35.5. The molecule has 32 heavy (non-hydrogen) atoms. The number of carbonyl (C=O) groups is 2. The SMILES string of the molecule is COc1ccc(/C=C(/NC(=O)c2ccc(Cl)cc2)C(=O)N[C@@H]2CCS(=O)(=O)C2)cc1OC. The highest BCUT2D eigenvalue weighted by Crippen LogP contribution is 2.28. The predicted molar refractivity (Wildman–Crippen MR) is 122 cm³/mol. The van der Waals surface area contributed by atoms with Crippen LogP contribution < -0.4 is 20.1 Å². The topological polar surface area (TPSA) is 111 Å². The fraction of sp³-hybridized carbons (Fsp3) is 0.273. The molecule has 1 heterocycles. The number of benzene rings is 2. The number of hydrogen-bond acceptors (Lipinski definition) is 6. The summed E-state index contributed by atoms with van der Waals surface area (Å²) in [5.74, 6) is -0.257. The van der Waals surface area contributed by atoms with Gasteiger partial charge in [-0.2, -0.15) is 0 Å². The lowest BCUT2D eigenvalue weighted by Crippen LogP contribution is -2.41. The van der Waals surface area contributed by atoms with Crippen LogP contribution in [0.25, 0.3) is 6.08 Å². The standard InChI is InChI=1S/C22H23ClN2O6S/c1-30-19-8-3-14(12-20(19)31-2)11-18(22(27)24-17-9-10-32(28,29)13-17)25-21(26)15-4-6-16(23)7-5-15/h3-8,11-12,17H,9-10,13H2,1-2H3,(H,24,27)(H,25,26)/b18-11+/t17-/m1/s1.